The highest BCUT2D eigenvalue weighted by Gasteiger charge is 1.99. The zero-order chi connectivity index (χ0) is 22.1. The average molecular weight is 415 g/mol. The van der Waals surface area contributed by atoms with Crippen molar-refractivity contribution in [2.24, 2.45) is 0 Å². The minimum atomic E-state index is -1.08. The van der Waals surface area contributed by atoms with Gasteiger partial charge in [0.05, 0.1) is 0 Å². The summed E-state index contributed by atoms with van der Waals surface area (Å²) in [7, 11) is 0. The third-order valence-corrected chi connectivity index (χ3v) is 3.86. The molecule has 30 heavy (non-hydrogen) atoms. The van der Waals surface area contributed by atoms with Gasteiger partial charge >= 0.3 is 6.09 Å². The third kappa shape index (κ3) is 23.2. The first-order chi connectivity index (χ1) is 14.7. The van der Waals surface area contributed by atoms with Crippen LogP contribution in [0.5, 0.6) is 0 Å². The van der Waals surface area contributed by atoms with Crippen molar-refractivity contribution in [1.29, 1.82) is 0 Å². The lowest BCUT2D eigenvalue weighted by atomic mass is 10.2. The van der Waals surface area contributed by atoms with Crippen molar-refractivity contribution in [2.75, 3.05) is 13.1 Å². The molecule has 5 heteroatoms. The largest absolute Gasteiger partial charge is 0.465 e. The van der Waals surface area contributed by atoms with E-state index in [1.807, 2.05) is 12.2 Å². The summed E-state index contributed by atoms with van der Waals surface area (Å²) in [6.45, 7) is 2.68. The Morgan fingerprint density at radius 3 is 1.47 bits per heavy atom. The first kappa shape index (κ1) is 27.2. The van der Waals surface area contributed by atoms with E-state index in [1.54, 1.807) is 0 Å². The number of amides is 2. The minimum absolute atomic E-state index is 0.0679. The van der Waals surface area contributed by atoms with Crippen LogP contribution in [-0.4, -0.2) is 30.2 Å². The smallest absolute Gasteiger partial charge is 0.404 e. The van der Waals surface area contributed by atoms with Gasteiger partial charge in [-0.3, -0.25) is 4.79 Å². The van der Waals surface area contributed by atoms with Crippen LogP contribution < -0.4 is 10.6 Å². The van der Waals surface area contributed by atoms with Gasteiger partial charge in [-0.15, -0.1) is 0 Å². The van der Waals surface area contributed by atoms with Gasteiger partial charge in [-0.25, -0.2) is 4.79 Å². The predicted octanol–water partition coefficient (Wildman–Crippen LogP) is 5.85. The number of carboxylic acid groups (broad SMARTS) is 1. The molecule has 0 saturated carbocycles. The van der Waals surface area contributed by atoms with Gasteiger partial charge in [-0.1, -0.05) is 79.8 Å². The summed E-state index contributed by atoms with van der Waals surface area (Å²) in [5, 5.41) is 13.3. The molecule has 0 aromatic heterocycles. The Labute approximate surface area is 182 Å². The molecule has 0 aliphatic heterocycles. The third-order valence-electron chi connectivity index (χ3n) is 3.86. The Morgan fingerprint density at radius 1 is 0.633 bits per heavy atom. The molecule has 0 unspecified atom stereocenters. The molecule has 0 aliphatic rings. The lowest BCUT2D eigenvalue weighted by Crippen LogP contribution is -2.33. The summed E-state index contributed by atoms with van der Waals surface area (Å²) in [4.78, 5) is 21.8. The van der Waals surface area contributed by atoms with Crippen molar-refractivity contribution >= 4 is 12.0 Å². The molecule has 0 rings (SSSR count). The molecule has 0 aromatic rings. The summed E-state index contributed by atoms with van der Waals surface area (Å²) in [6, 6.07) is 0. The Kier molecular flexibility index (Phi) is 20.4. The van der Waals surface area contributed by atoms with Crippen LogP contribution in [0.2, 0.25) is 0 Å². The van der Waals surface area contributed by atoms with Crippen molar-refractivity contribution in [2.45, 2.75) is 58.3 Å². The number of hydrogen-bond acceptors (Lipinski definition) is 2. The summed E-state index contributed by atoms with van der Waals surface area (Å²) >= 11 is 0. The van der Waals surface area contributed by atoms with Crippen LogP contribution in [-0.2, 0) is 4.79 Å². The fraction of sp³-hybridized carbons (Fsp3) is 0.440. The molecule has 0 aliphatic carbocycles. The molecular weight excluding hydrogens is 376 g/mol. The molecule has 0 spiro atoms. The van der Waals surface area contributed by atoms with Crippen molar-refractivity contribution in [3.05, 3.63) is 72.9 Å². The molecule has 0 atom stereocenters. The van der Waals surface area contributed by atoms with Crippen molar-refractivity contribution in [3.63, 3.8) is 0 Å². The first-order valence-corrected chi connectivity index (χ1v) is 10.8. The van der Waals surface area contributed by atoms with Crippen LogP contribution in [0.15, 0.2) is 72.9 Å². The Bertz CT molecular complexity index is 614. The molecule has 0 fully saturated rings. The molecule has 0 radical (unpaired) electrons. The maximum atomic E-state index is 11.5. The van der Waals surface area contributed by atoms with E-state index in [9.17, 15) is 9.59 Å². The lowest BCUT2D eigenvalue weighted by Gasteiger charge is -2.03. The molecular formula is C25H38N2O3. The van der Waals surface area contributed by atoms with Crippen LogP contribution in [0.3, 0.4) is 0 Å². The number of nitrogens with one attached hydrogen (secondary N) is 2. The van der Waals surface area contributed by atoms with Gasteiger partial charge in [0.25, 0.3) is 0 Å². The van der Waals surface area contributed by atoms with E-state index in [0.29, 0.717) is 19.4 Å². The molecule has 166 valence electrons. The van der Waals surface area contributed by atoms with E-state index in [-0.39, 0.29) is 12.5 Å². The van der Waals surface area contributed by atoms with E-state index in [4.69, 9.17) is 5.11 Å². The molecule has 5 nitrogen and oxygen atoms in total. The van der Waals surface area contributed by atoms with Crippen LogP contribution in [0.4, 0.5) is 4.79 Å². The highest BCUT2D eigenvalue weighted by molar-refractivity contribution is 5.76. The molecule has 0 heterocycles. The summed E-state index contributed by atoms with van der Waals surface area (Å²) < 4.78 is 0. The molecule has 0 bridgehead atoms. The van der Waals surface area contributed by atoms with Gasteiger partial charge in [0.2, 0.25) is 5.91 Å². The summed E-state index contributed by atoms with van der Waals surface area (Å²) in [6.07, 6.45) is 31.7. The summed E-state index contributed by atoms with van der Waals surface area (Å²) in [5.74, 6) is -0.0679. The molecule has 0 saturated heterocycles. The maximum absolute atomic E-state index is 11.5. The maximum Gasteiger partial charge on any atom is 0.404 e. The number of rotatable bonds is 17. The van der Waals surface area contributed by atoms with Crippen LogP contribution in [0.25, 0.3) is 0 Å². The average Bonchev–Trinajstić information content (AvgIpc) is 2.72. The van der Waals surface area contributed by atoms with Crippen molar-refractivity contribution < 1.29 is 14.7 Å². The van der Waals surface area contributed by atoms with Crippen LogP contribution in [0, 0.1) is 0 Å². The monoisotopic (exact) mass is 414 g/mol. The Hall–Kier alpha value is -2.82. The van der Waals surface area contributed by atoms with Gasteiger partial charge < -0.3 is 15.7 Å². The highest BCUT2D eigenvalue weighted by Crippen LogP contribution is 1.97. The number of carbonyl (C=O) groups excluding carboxylic acids is 1. The first-order valence-electron chi connectivity index (χ1n) is 10.8. The lowest BCUT2D eigenvalue weighted by molar-refractivity contribution is -0.120. The van der Waals surface area contributed by atoms with Gasteiger partial charge in [-0.2, -0.15) is 0 Å². The number of hydrogen-bond donors (Lipinski definition) is 3. The van der Waals surface area contributed by atoms with Gasteiger partial charge in [-0.05, 0) is 44.9 Å². The van der Waals surface area contributed by atoms with Gasteiger partial charge in [0.1, 0.15) is 0 Å². The molecule has 3 N–H and O–H groups in total. The predicted molar refractivity (Wildman–Crippen MR) is 126 cm³/mol. The fourth-order valence-corrected chi connectivity index (χ4v) is 2.31. The van der Waals surface area contributed by atoms with Crippen LogP contribution in [0.1, 0.15) is 58.3 Å². The molecule has 2 amide bonds. The van der Waals surface area contributed by atoms with Gasteiger partial charge in [0.15, 0.2) is 0 Å². The van der Waals surface area contributed by atoms with E-state index in [1.165, 1.54) is 0 Å². The van der Waals surface area contributed by atoms with E-state index < -0.39 is 6.09 Å². The zero-order valence-corrected chi connectivity index (χ0v) is 18.3. The van der Waals surface area contributed by atoms with E-state index >= 15 is 0 Å². The quantitative estimate of drug-likeness (QED) is 0.206. The fourth-order valence-electron chi connectivity index (χ4n) is 2.31. The van der Waals surface area contributed by atoms with Crippen LogP contribution >= 0.6 is 0 Å². The Balaban J connectivity index is 3.56. The topological polar surface area (TPSA) is 78.4 Å². The number of carbonyl (C=O) groups is 2. The second-order valence-corrected chi connectivity index (χ2v) is 6.54. The van der Waals surface area contributed by atoms with Crippen molar-refractivity contribution in [1.82, 2.24) is 10.6 Å². The number of allylic oxidation sites excluding steroid dienone is 12. The highest BCUT2D eigenvalue weighted by atomic mass is 16.4. The SMILES string of the molecule is CCC=CCC=CCC=CCC=CCC=CCC=CCCC(=O)NCCNC(=O)O. The molecule has 0 aromatic carbocycles. The zero-order valence-electron chi connectivity index (χ0n) is 18.3. The summed E-state index contributed by atoms with van der Waals surface area (Å²) in [5.41, 5.74) is 0. The van der Waals surface area contributed by atoms with E-state index in [0.717, 1.165) is 38.5 Å². The normalized spacial score (nSPS) is 12.4. The van der Waals surface area contributed by atoms with E-state index in [2.05, 4.69) is 78.3 Å². The second-order valence-electron chi connectivity index (χ2n) is 6.54. The van der Waals surface area contributed by atoms with Gasteiger partial charge in [0, 0.05) is 19.5 Å². The standard InChI is InChI=1S/C25H38N2O3/c1-2-3-4-5-6-7-8-9-10-11-12-13-14-15-16-17-18-19-20-21-24(28)26-22-23-27-25(29)30/h3-4,6-7,9-10,12-13,15-16,18-19,27H,2,5,8,11,14,17,20-23H2,1H3,(H,26,28)(H,29,30). The minimum Gasteiger partial charge on any atom is -0.465 e. The van der Waals surface area contributed by atoms with Crippen molar-refractivity contribution in [3.8, 4) is 0 Å². The Morgan fingerprint density at radius 2 is 1.03 bits per heavy atom. The second kappa shape index (κ2) is 22.5.